The number of nitrogens with two attached hydrogens (primary N) is 1. The van der Waals surface area contributed by atoms with Crippen molar-refractivity contribution in [1.82, 2.24) is 4.90 Å². The van der Waals surface area contributed by atoms with Gasteiger partial charge in [-0.3, -0.25) is 14.5 Å². The number of hydrogen-bond acceptors (Lipinski definition) is 3. The maximum Gasteiger partial charge on any atom is 0.236 e. The monoisotopic (exact) mass is 238 g/mol. The van der Waals surface area contributed by atoms with Crippen LogP contribution in [0.5, 0.6) is 0 Å². The van der Waals surface area contributed by atoms with Crippen molar-refractivity contribution in [3.63, 3.8) is 0 Å². The topological polar surface area (TPSA) is 63.4 Å². The van der Waals surface area contributed by atoms with Gasteiger partial charge in [-0.15, -0.1) is 0 Å². The summed E-state index contributed by atoms with van der Waals surface area (Å²) < 4.78 is 0. The van der Waals surface area contributed by atoms with E-state index in [1.807, 2.05) is 13.8 Å². The van der Waals surface area contributed by atoms with E-state index < -0.39 is 0 Å². The molecule has 17 heavy (non-hydrogen) atoms. The Kier molecular flexibility index (Phi) is 3.25. The molecule has 1 heterocycles. The quantitative estimate of drug-likeness (QED) is 0.753. The summed E-state index contributed by atoms with van der Waals surface area (Å²) in [5, 5.41) is 0. The zero-order valence-electron chi connectivity index (χ0n) is 10.7. The Morgan fingerprint density at radius 2 is 1.88 bits per heavy atom. The van der Waals surface area contributed by atoms with Gasteiger partial charge in [0.1, 0.15) is 0 Å². The van der Waals surface area contributed by atoms with Crippen molar-refractivity contribution in [3.05, 3.63) is 0 Å². The van der Waals surface area contributed by atoms with E-state index in [2.05, 4.69) is 0 Å². The van der Waals surface area contributed by atoms with Crippen LogP contribution >= 0.6 is 0 Å². The lowest BCUT2D eigenvalue weighted by Crippen LogP contribution is -2.48. The molecule has 0 aromatic carbocycles. The number of nitrogens with zero attached hydrogens (tertiary/aromatic N) is 1. The lowest BCUT2D eigenvalue weighted by molar-refractivity contribution is -0.144. The molecule has 1 aliphatic heterocycles. The maximum atomic E-state index is 12.5. The maximum absolute atomic E-state index is 12.5. The third-order valence-electron chi connectivity index (χ3n) is 4.33. The van der Waals surface area contributed by atoms with E-state index >= 15 is 0 Å². The molecule has 0 radical (unpaired) electrons. The zero-order chi connectivity index (χ0) is 12.6. The number of carbonyl (C=O) groups is 2. The summed E-state index contributed by atoms with van der Waals surface area (Å²) in [7, 11) is 0. The molecular weight excluding hydrogens is 216 g/mol. The molecule has 1 saturated heterocycles. The van der Waals surface area contributed by atoms with Crippen LogP contribution in [0.1, 0.15) is 46.0 Å². The second-order valence-electron chi connectivity index (χ2n) is 5.78. The molecule has 2 amide bonds. The van der Waals surface area contributed by atoms with Crippen LogP contribution in [-0.4, -0.2) is 29.3 Å². The minimum atomic E-state index is -0.362. The largest absolute Gasteiger partial charge is 0.328 e. The average molecular weight is 238 g/mol. The Bertz CT molecular complexity index is 332. The Labute approximate surface area is 103 Å². The molecule has 2 N–H and O–H groups in total. The molecule has 96 valence electrons. The predicted octanol–water partition coefficient (Wildman–Crippen LogP) is 1.29. The molecule has 1 spiro atoms. The van der Waals surface area contributed by atoms with E-state index in [-0.39, 0.29) is 29.2 Å². The molecule has 1 aliphatic carbocycles. The van der Waals surface area contributed by atoms with Gasteiger partial charge in [-0.25, -0.2) is 0 Å². The third-order valence-corrected chi connectivity index (χ3v) is 4.33. The van der Waals surface area contributed by atoms with Crippen LogP contribution in [0.2, 0.25) is 0 Å². The summed E-state index contributed by atoms with van der Waals surface area (Å²) in [6.45, 7) is 4.39. The molecule has 1 atom stereocenters. The van der Waals surface area contributed by atoms with E-state index in [1.54, 1.807) is 0 Å². The van der Waals surface area contributed by atoms with Crippen LogP contribution in [0.4, 0.5) is 0 Å². The number of likely N-dealkylation sites (tertiary alicyclic amines) is 1. The fraction of sp³-hybridized carbons (Fsp3) is 0.846. The van der Waals surface area contributed by atoms with Gasteiger partial charge in [0.05, 0.1) is 11.5 Å². The van der Waals surface area contributed by atoms with Crippen molar-refractivity contribution >= 4 is 11.8 Å². The smallest absolute Gasteiger partial charge is 0.236 e. The third kappa shape index (κ3) is 1.88. The predicted molar refractivity (Wildman–Crippen MR) is 65.1 cm³/mol. The highest BCUT2D eigenvalue weighted by molar-refractivity contribution is 6.06. The van der Waals surface area contributed by atoms with Crippen molar-refractivity contribution < 1.29 is 9.59 Å². The highest BCUT2D eigenvalue weighted by atomic mass is 16.2. The molecule has 4 heteroatoms. The first-order valence-electron chi connectivity index (χ1n) is 6.58. The summed E-state index contributed by atoms with van der Waals surface area (Å²) >= 11 is 0. The van der Waals surface area contributed by atoms with E-state index in [9.17, 15) is 9.59 Å². The molecule has 0 aromatic heterocycles. The number of carbonyl (C=O) groups excluding carboxylic acids is 2. The van der Waals surface area contributed by atoms with Gasteiger partial charge in [0, 0.05) is 13.0 Å². The van der Waals surface area contributed by atoms with Crippen molar-refractivity contribution in [3.8, 4) is 0 Å². The highest BCUT2D eigenvalue weighted by Crippen LogP contribution is 2.47. The Morgan fingerprint density at radius 3 is 2.35 bits per heavy atom. The first-order valence-corrected chi connectivity index (χ1v) is 6.58. The van der Waals surface area contributed by atoms with Crippen LogP contribution in [0.25, 0.3) is 0 Å². The van der Waals surface area contributed by atoms with Crippen LogP contribution in [0.15, 0.2) is 0 Å². The second-order valence-corrected chi connectivity index (χ2v) is 5.78. The van der Waals surface area contributed by atoms with E-state index in [0.717, 1.165) is 25.7 Å². The molecule has 4 nitrogen and oxygen atoms in total. The number of rotatable bonds is 3. The lowest BCUT2D eigenvalue weighted by Gasteiger charge is -2.30. The van der Waals surface area contributed by atoms with Gasteiger partial charge in [-0.2, -0.15) is 0 Å². The van der Waals surface area contributed by atoms with E-state index in [0.29, 0.717) is 13.0 Å². The van der Waals surface area contributed by atoms with Gasteiger partial charge in [0.25, 0.3) is 0 Å². The minimum Gasteiger partial charge on any atom is -0.328 e. The highest BCUT2D eigenvalue weighted by Gasteiger charge is 2.54. The first kappa shape index (κ1) is 12.6. The van der Waals surface area contributed by atoms with E-state index in [1.165, 1.54) is 4.90 Å². The fourth-order valence-corrected chi connectivity index (χ4v) is 3.27. The van der Waals surface area contributed by atoms with Gasteiger partial charge in [-0.05, 0) is 18.8 Å². The Morgan fingerprint density at radius 1 is 1.29 bits per heavy atom. The SMILES string of the molecule is CC(C)C(CN)N1C(=O)CC2(CCCC2)C1=O. The zero-order valence-corrected chi connectivity index (χ0v) is 10.7. The van der Waals surface area contributed by atoms with Crippen LogP contribution in [0, 0.1) is 11.3 Å². The molecule has 2 fully saturated rings. The van der Waals surface area contributed by atoms with Gasteiger partial charge >= 0.3 is 0 Å². The summed E-state index contributed by atoms with van der Waals surface area (Å²) in [6, 6.07) is -0.130. The van der Waals surface area contributed by atoms with Crippen LogP contribution in [-0.2, 0) is 9.59 Å². The summed E-state index contributed by atoms with van der Waals surface area (Å²) in [4.78, 5) is 26.1. The van der Waals surface area contributed by atoms with Gasteiger partial charge < -0.3 is 5.73 Å². The van der Waals surface area contributed by atoms with Gasteiger partial charge in [-0.1, -0.05) is 26.7 Å². The standard InChI is InChI=1S/C13H22N2O2/c1-9(2)10(8-14)15-11(16)7-13(12(15)17)5-3-4-6-13/h9-10H,3-8,14H2,1-2H3. The van der Waals surface area contributed by atoms with Crippen molar-refractivity contribution in [1.29, 1.82) is 0 Å². The average Bonchev–Trinajstić information content (AvgIpc) is 2.81. The van der Waals surface area contributed by atoms with Crippen LogP contribution < -0.4 is 5.73 Å². The van der Waals surface area contributed by atoms with Gasteiger partial charge in [0.2, 0.25) is 11.8 Å². The molecule has 0 bridgehead atoms. The van der Waals surface area contributed by atoms with Crippen molar-refractivity contribution in [2.24, 2.45) is 17.1 Å². The lowest BCUT2D eigenvalue weighted by atomic mass is 9.84. The number of amides is 2. The summed E-state index contributed by atoms with van der Waals surface area (Å²) in [5.74, 6) is 0.259. The Balaban J connectivity index is 2.24. The summed E-state index contributed by atoms with van der Waals surface area (Å²) in [5.41, 5.74) is 5.36. The van der Waals surface area contributed by atoms with Crippen molar-refractivity contribution in [2.45, 2.75) is 52.0 Å². The molecular formula is C13H22N2O2. The van der Waals surface area contributed by atoms with Crippen LogP contribution in [0.3, 0.4) is 0 Å². The van der Waals surface area contributed by atoms with E-state index in [4.69, 9.17) is 5.73 Å². The molecule has 1 saturated carbocycles. The molecule has 2 aliphatic rings. The molecule has 1 unspecified atom stereocenters. The first-order chi connectivity index (χ1) is 8.02. The minimum absolute atomic E-state index is 0.0129. The molecule has 0 aromatic rings. The number of hydrogen-bond donors (Lipinski definition) is 1. The molecule has 2 rings (SSSR count). The fourth-order valence-electron chi connectivity index (χ4n) is 3.27. The Hall–Kier alpha value is -0.900. The summed E-state index contributed by atoms with van der Waals surface area (Å²) in [6.07, 6.45) is 4.31. The number of imide groups is 1. The van der Waals surface area contributed by atoms with Gasteiger partial charge in [0.15, 0.2) is 0 Å². The van der Waals surface area contributed by atoms with Crippen molar-refractivity contribution in [2.75, 3.05) is 6.54 Å². The normalized spacial score (nSPS) is 25.3. The second kappa shape index (κ2) is 4.41.